The number of rotatable bonds is 4. The van der Waals surface area contributed by atoms with Crippen molar-refractivity contribution >= 4 is 27.5 Å². The summed E-state index contributed by atoms with van der Waals surface area (Å²) in [6.45, 7) is 3.09. The molecule has 2 aliphatic rings. The maximum Gasteiger partial charge on any atom is 0.306 e. The lowest BCUT2D eigenvalue weighted by Crippen LogP contribution is -2.35. The zero-order valence-electron chi connectivity index (χ0n) is 12.7. The predicted octanol–water partition coefficient (Wildman–Crippen LogP) is 2.53. The highest BCUT2D eigenvalue weighted by Gasteiger charge is 2.44. The molecule has 4 rings (SSSR count). The van der Waals surface area contributed by atoms with E-state index in [2.05, 4.69) is 16.3 Å². The minimum absolute atomic E-state index is 0.0840. The first kappa shape index (κ1) is 14.2. The molecule has 2 aromatic heterocycles. The molecule has 0 amide bonds. The van der Waals surface area contributed by atoms with Crippen molar-refractivity contribution in [2.75, 3.05) is 19.6 Å². The Kier molecular flexibility index (Phi) is 3.46. The van der Waals surface area contributed by atoms with Crippen LogP contribution in [-0.2, 0) is 11.8 Å². The van der Waals surface area contributed by atoms with Gasteiger partial charge in [-0.2, -0.15) is 5.10 Å². The Morgan fingerprint density at radius 1 is 1.45 bits per heavy atom. The van der Waals surface area contributed by atoms with Gasteiger partial charge in [0, 0.05) is 19.5 Å². The van der Waals surface area contributed by atoms with Crippen LogP contribution >= 0.6 is 11.3 Å². The Morgan fingerprint density at radius 3 is 2.91 bits per heavy atom. The van der Waals surface area contributed by atoms with Gasteiger partial charge in [-0.1, -0.05) is 0 Å². The molecular weight excluding hydrogens is 298 g/mol. The number of nitrogens with zero attached hydrogens (tertiary/aromatic N) is 3. The highest BCUT2D eigenvalue weighted by Crippen LogP contribution is 2.40. The SMILES string of the molecule is Cn1nc(C2CCN(CC3C[C@H]3C(=O)O)CC2)c2sccc21. The van der Waals surface area contributed by atoms with Gasteiger partial charge in [0.2, 0.25) is 0 Å². The Morgan fingerprint density at radius 2 is 2.23 bits per heavy atom. The number of thiophene rings is 1. The van der Waals surface area contributed by atoms with Crippen LogP contribution < -0.4 is 0 Å². The van der Waals surface area contributed by atoms with Gasteiger partial charge in [-0.3, -0.25) is 9.48 Å². The number of aromatic nitrogens is 2. The lowest BCUT2D eigenvalue weighted by atomic mass is 9.93. The van der Waals surface area contributed by atoms with Crippen molar-refractivity contribution in [3.05, 3.63) is 17.1 Å². The first-order valence-electron chi connectivity index (χ1n) is 7.98. The average molecular weight is 319 g/mol. The molecule has 0 spiro atoms. The molecule has 6 heteroatoms. The zero-order valence-corrected chi connectivity index (χ0v) is 13.6. The molecular formula is C16H21N3O2S. The molecule has 2 atom stereocenters. The van der Waals surface area contributed by atoms with Crippen LogP contribution in [0.1, 0.15) is 30.9 Å². The van der Waals surface area contributed by atoms with E-state index in [1.54, 1.807) is 11.3 Å². The minimum Gasteiger partial charge on any atom is -0.481 e. The van der Waals surface area contributed by atoms with Crippen molar-refractivity contribution in [1.82, 2.24) is 14.7 Å². The summed E-state index contributed by atoms with van der Waals surface area (Å²) in [5, 5.41) is 15.9. The van der Waals surface area contributed by atoms with Crippen molar-refractivity contribution in [2.45, 2.75) is 25.2 Å². The first-order chi connectivity index (χ1) is 10.6. The lowest BCUT2D eigenvalue weighted by Gasteiger charge is -2.31. The number of hydrogen-bond donors (Lipinski definition) is 1. The molecule has 118 valence electrons. The van der Waals surface area contributed by atoms with Gasteiger partial charge in [0.25, 0.3) is 0 Å². The van der Waals surface area contributed by atoms with Crippen LogP contribution in [0.15, 0.2) is 11.4 Å². The number of likely N-dealkylation sites (tertiary alicyclic amines) is 1. The average Bonchev–Trinajstić information content (AvgIpc) is 2.98. The maximum absolute atomic E-state index is 10.9. The van der Waals surface area contributed by atoms with Crippen LogP contribution in [0, 0.1) is 11.8 Å². The van der Waals surface area contributed by atoms with Crippen LogP contribution in [0.25, 0.3) is 10.2 Å². The number of carboxylic acids is 1. The van der Waals surface area contributed by atoms with Gasteiger partial charge < -0.3 is 10.0 Å². The van der Waals surface area contributed by atoms with Crippen molar-refractivity contribution in [3.63, 3.8) is 0 Å². The lowest BCUT2D eigenvalue weighted by molar-refractivity contribution is -0.138. The number of carbonyl (C=O) groups is 1. The van der Waals surface area contributed by atoms with Gasteiger partial charge in [-0.25, -0.2) is 0 Å². The molecule has 2 aromatic rings. The van der Waals surface area contributed by atoms with E-state index in [1.807, 2.05) is 11.7 Å². The van der Waals surface area contributed by atoms with Crippen molar-refractivity contribution in [1.29, 1.82) is 0 Å². The third-order valence-corrected chi connectivity index (χ3v) is 6.12. The Balaban J connectivity index is 1.38. The molecule has 22 heavy (non-hydrogen) atoms. The smallest absolute Gasteiger partial charge is 0.306 e. The van der Waals surface area contributed by atoms with E-state index in [-0.39, 0.29) is 5.92 Å². The van der Waals surface area contributed by atoms with E-state index in [4.69, 9.17) is 10.2 Å². The van der Waals surface area contributed by atoms with Crippen LogP contribution in [-0.4, -0.2) is 45.4 Å². The van der Waals surface area contributed by atoms with Crippen LogP contribution in [0.5, 0.6) is 0 Å². The molecule has 0 aromatic carbocycles. The van der Waals surface area contributed by atoms with Crippen LogP contribution in [0.3, 0.4) is 0 Å². The molecule has 1 aliphatic carbocycles. The summed E-state index contributed by atoms with van der Waals surface area (Å²) >= 11 is 1.79. The number of aryl methyl sites for hydroxylation is 1. The van der Waals surface area contributed by atoms with E-state index in [0.717, 1.165) is 38.9 Å². The number of piperidine rings is 1. The fraction of sp³-hybridized carbons (Fsp3) is 0.625. The molecule has 0 bridgehead atoms. The number of hydrogen-bond acceptors (Lipinski definition) is 4. The predicted molar refractivity (Wildman–Crippen MR) is 86.2 cm³/mol. The van der Waals surface area contributed by atoms with Crippen molar-refractivity contribution in [3.8, 4) is 0 Å². The molecule has 1 saturated heterocycles. The monoisotopic (exact) mass is 319 g/mol. The third kappa shape index (κ3) is 2.44. The molecule has 3 heterocycles. The largest absolute Gasteiger partial charge is 0.481 e. The molecule has 5 nitrogen and oxygen atoms in total. The zero-order chi connectivity index (χ0) is 15.3. The molecule has 1 unspecified atom stereocenters. The summed E-state index contributed by atoms with van der Waals surface area (Å²) in [7, 11) is 2.02. The minimum atomic E-state index is -0.617. The van der Waals surface area contributed by atoms with E-state index in [9.17, 15) is 4.79 Å². The molecule has 1 aliphatic heterocycles. The molecule has 1 N–H and O–H groups in total. The Labute approximate surface area is 133 Å². The van der Waals surface area contributed by atoms with Gasteiger partial charge in [0.05, 0.1) is 21.8 Å². The number of aliphatic carboxylic acids is 1. The molecule has 0 radical (unpaired) electrons. The van der Waals surface area contributed by atoms with Gasteiger partial charge in [-0.15, -0.1) is 11.3 Å². The number of fused-ring (bicyclic) bond motifs is 1. The van der Waals surface area contributed by atoms with Gasteiger partial charge in [0.1, 0.15) is 0 Å². The second kappa shape index (κ2) is 5.35. The quantitative estimate of drug-likeness (QED) is 0.941. The van der Waals surface area contributed by atoms with Crippen LogP contribution in [0.2, 0.25) is 0 Å². The van der Waals surface area contributed by atoms with Crippen molar-refractivity contribution < 1.29 is 9.90 Å². The van der Waals surface area contributed by atoms with E-state index in [0.29, 0.717) is 11.8 Å². The third-order valence-electron chi connectivity index (χ3n) is 5.19. The standard InChI is InChI=1S/C16H21N3O2S/c1-18-13-4-7-22-15(13)14(17-18)10-2-5-19(6-3-10)9-11-8-12(11)16(20)21/h4,7,10-12H,2-3,5-6,8-9H2,1H3,(H,20,21)/t11?,12-/m1/s1. The first-order valence-corrected chi connectivity index (χ1v) is 8.86. The molecule has 2 fully saturated rings. The fourth-order valence-electron chi connectivity index (χ4n) is 3.75. The van der Waals surface area contributed by atoms with Gasteiger partial charge in [-0.05, 0) is 49.7 Å². The summed E-state index contributed by atoms with van der Waals surface area (Å²) in [5.74, 6) is 0.230. The Bertz CT molecular complexity index is 699. The summed E-state index contributed by atoms with van der Waals surface area (Å²) in [6.07, 6.45) is 3.13. The van der Waals surface area contributed by atoms with Gasteiger partial charge in [0.15, 0.2) is 0 Å². The summed E-state index contributed by atoms with van der Waals surface area (Å²) < 4.78 is 3.34. The van der Waals surface area contributed by atoms with Crippen molar-refractivity contribution in [2.24, 2.45) is 18.9 Å². The topological polar surface area (TPSA) is 58.4 Å². The summed E-state index contributed by atoms with van der Waals surface area (Å²) in [6, 6.07) is 2.14. The normalized spacial score (nSPS) is 26.6. The second-order valence-corrected chi connectivity index (χ2v) is 7.58. The fourth-order valence-corrected chi connectivity index (χ4v) is 4.73. The molecule has 1 saturated carbocycles. The maximum atomic E-state index is 10.9. The van der Waals surface area contributed by atoms with Crippen LogP contribution in [0.4, 0.5) is 0 Å². The Hall–Kier alpha value is -1.40. The van der Waals surface area contributed by atoms with Gasteiger partial charge >= 0.3 is 5.97 Å². The van der Waals surface area contributed by atoms with E-state index in [1.165, 1.54) is 15.9 Å². The summed E-state index contributed by atoms with van der Waals surface area (Å²) in [4.78, 5) is 13.4. The highest BCUT2D eigenvalue weighted by molar-refractivity contribution is 7.17. The van der Waals surface area contributed by atoms with E-state index < -0.39 is 5.97 Å². The number of carboxylic acid groups (broad SMARTS) is 1. The highest BCUT2D eigenvalue weighted by atomic mass is 32.1. The van der Waals surface area contributed by atoms with E-state index >= 15 is 0 Å². The second-order valence-electron chi connectivity index (χ2n) is 6.66. The summed E-state index contributed by atoms with van der Waals surface area (Å²) in [5.41, 5.74) is 2.51.